The van der Waals surface area contributed by atoms with Gasteiger partial charge in [0.15, 0.2) is 6.29 Å². The normalized spacial score (nSPS) is 25.9. The van der Waals surface area contributed by atoms with Gasteiger partial charge >= 0.3 is 0 Å². The van der Waals surface area contributed by atoms with Crippen LogP contribution in [-0.2, 0) is 0 Å². The molecule has 1 aliphatic rings. The Kier molecular flexibility index (Phi) is 3.87. The van der Waals surface area contributed by atoms with Gasteiger partial charge in [-0.2, -0.15) is 0 Å². The van der Waals surface area contributed by atoms with Gasteiger partial charge < -0.3 is 20.4 Å². The molecule has 0 fully saturated rings. The van der Waals surface area contributed by atoms with Gasteiger partial charge in [-0.05, 0) is 25.7 Å². The van der Waals surface area contributed by atoms with E-state index in [0.29, 0.717) is 12.8 Å². The van der Waals surface area contributed by atoms with Gasteiger partial charge in [-0.3, -0.25) is 0 Å². The summed E-state index contributed by atoms with van der Waals surface area (Å²) in [6.07, 6.45) is 1.10. The summed E-state index contributed by atoms with van der Waals surface area (Å²) >= 11 is 0. The Morgan fingerprint density at radius 3 is 2.54 bits per heavy atom. The highest BCUT2D eigenvalue weighted by Gasteiger charge is 2.17. The molecule has 0 aromatic heterocycles. The lowest BCUT2D eigenvalue weighted by molar-refractivity contribution is -0.121. The number of aliphatic hydroxyl groups excluding tert-OH is 3. The van der Waals surface area contributed by atoms with E-state index in [1.54, 1.807) is 0 Å². The SMILES string of the molecule is OC(O)C(O)CC1=CC[C@@H](O)CC1. The Morgan fingerprint density at radius 2 is 2.08 bits per heavy atom. The van der Waals surface area contributed by atoms with E-state index in [0.717, 1.165) is 12.0 Å². The fraction of sp³-hybridized carbons (Fsp3) is 0.778. The summed E-state index contributed by atoms with van der Waals surface area (Å²) in [5, 5.41) is 35.6. The second-order valence-corrected chi connectivity index (χ2v) is 3.48. The van der Waals surface area contributed by atoms with Gasteiger partial charge in [0.05, 0.1) is 6.10 Å². The second-order valence-electron chi connectivity index (χ2n) is 3.48. The molecule has 2 atom stereocenters. The van der Waals surface area contributed by atoms with Gasteiger partial charge in [0, 0.05) is 0 Å². The van der Waals surface area contributed by atoms with Gasteiger partial charge in [0.1, 0.15) is 6.10 Å². The van der Waals surface area contributed by atoms with Gasteiger partial charge in [0.25, 0.3) is 0 Å². The zero-order valence-corrected chi connectivity index (χ0v) is 7.43. The van der Waals surface area contributed by atoms with Crippen molar-refractivity contribution in [3.63, 3.8) is 0 Å². The summed E-state index contributed by atoms with van der Waals surface area (Å²) in [5.41, 5.74) is 0.992. The maximum absolute atomic E-state index is 9.16. The minimum Gasteiger partial charge on any atom is -0.393 e. The zero-order chi connectivity index (χ0) is 9.84. The first-order valence-electron chi connectivity index (χ1n) is 4.49. The van der Waals surface area contributed by atoms with Gasteiger partial charge in [-0.15, -0.1) is 0 Å². The van der Waals surface area contributed by atoms with Crippen LogP contribution in [0, 0.1) is 0 Å². The summed E-state index contributed by atoms with van der Waals surface area (Å²) in [6.45, 7) is 0. The van der Waals surface area contributed by atoms with Crippen LogP contribution in [0.3, 0.4) is 0 Å². The van der Waals surface area contributed by atoms with Crippen LogP contribution in [0.5, 0.6) is 0 Å². The standard InChI is InChI=1S/C9H16O4/c10-7-3-1-6(2-4-7)5-8(11)9(12)13/h1,7-13H,2-5H2/t7-,8?/m1/s1. The predicted molar refractivity (Wildman–Crippen MR) is 46.8 cm³/mol. The molecule has 0 heterocycles. The molecule has 0 aliphatic heterocycles. The summed E-state index contributed by atoms with van der Waals surface area (Å²) in [6, 6.07) is 0. The third-order valence-electron chi connectivity index (χ3n) is 2.29. The highest BCUT2D eigenvalue weighted by molar-refractivity contribution is 5.08. The first-order valence-corrected chi connectivity index (χ1v) is 4.49. The maximum atomic E-state index is 9.16. The van der Waals surface area contributed by atoms with Crippen LogP contribution in [-0.4, -0.2) is 38.9 Å². The minimum absolute atomic E-state index is 0.278. The van der Waals surface area contributed by atoms with Crippen molar-refractivity contribution in [1.82, 2.24) is 0 Å². The molecule has 0 saturated carbocycles. The Bertz CT molecular complexity index is 188. The lowest BCUT2D eigenvalue weighted by Crippen LogP contribution is -2.26. The Morgan fingerprint density at radius 1 is 1.38 bits per heavy atom. The molecular formula is C9H16O4. The molecular weight excluding hydrogens is 172 g/mol. The largest absolute Gasteiger partial charge is 0.393 e. The molecule has 1 unspecified atom stereocenters. The van der Waals surface area contributed by atoms with Crippen molar-refractivity contribution in [3.8, 4) is 0 Å². The smallest absolute Gasteiger partial charge is 0.178 e. The van der Waals surface area contributed by atoms with E-state index in [2.05, 4.69) is 0 Å². The number of hydrogen-bond donors (Lipinski definition) is 4. The first-order chi connectivity index (χ1) is 6.09. The molecule has 0 spiro atoms. The molecule has 76 valence electrons. The average molecular weight is 188 g/mol. The van der Waals surface area contributed by atoms with Crippen LogP contribution in [0.25, 0.3) is 0 Å². The van der Waals surface area contributed by atoms with Gasteiger partial charge in [-0.1, -0.05) is 11.6 Å². The van der Waals surface area contributed by atoms with E-state index < -0.39 is 12.4 Å². The predicted octanol–water partition coefficient (Wildman–Crippen LogP) is -0.481. The Balaban J connectivity index is 2.37. The van der Waals surface area contributed by atoms with Crippen molar-refractivity contribution in [2.24, 2.45) is 0 Å². The molecule has 13 heavy (non-hydrogen) atoms. The van der Waals surface area contributed by atoms with E-state index in [1.165, 1.54) is 0 Å². The van der Waals surface area contributed by atoms with Crippen LogP contribution < -0.4 is 0 Å². The van der Waals surface area contributed by atoms with Crippen molar-refractivity contribution in [3.05, 3.63) is 11.6 Å². The Hall–Kier alpha value is -0.420. The van der Waals surface area contributed by atoms with Crippen molar-refractivity contribution in [2.45, 2.75) is 44.2 Å². The fourth-order valence-electron chi connectivity index (χ4n) is 1.43. The fourth-order valence-corrected chi connectivity index (χ4v) is 1.43. The summed E-state index contributed by atoms with van der Waals surface area (Å²) in [5.74, 6) is 0. The van der Waals surface area contributed by atoms with Crippen molar-refractivity contribution < 1.29 is 20.4 Å². The lowest BCUT2D eigenvalue weighted by atomic mass is 9.93. The molecule has 0 amide bonds. The highest BCUT2D eigenvalue weighted by Crippen LogP contribution is 2.22. The van der Waals surface area contributed by atoms with Crippen LogP contribution >= 0.6 is 0 Å². The highest BCUT2D eigenvalue weighted by atomic mass is 16.5. The molecule has 0 aromatic rings. The summed E-state index contributed by atoms with van der Waals surface area (Å²) in [7, 11) is 0. The third kappa shape index (κ3) is 3.44. The van der Waals surface area contributed by atoms with Gasteiger partial charge in [0.2, 0.25) is 0 Å². The van der Waals surface area contributed by atoms with E-state index >= 15 is 0 Å². The first kappa shape index (κ1) is 10.7. The van der Waals surface area contributed by atoms with Crippen LogP contribution in [0.1, 0.15) is 25.7 Å². The van der Waals surface area contributed by atoms with Crippen molar-refractivity contribution in [1.29, 1.82) is 0 Å². The molecule has 0 saturated heterocycles. The molecule has 0 aromatic carbocycles. The Labute approximate surface area is 77.1 Å². The number of rotatable bonds is 3. The molecule has 1 rings (SSSR count). The van der Waals surface area contributed by atoms with Crippen LogP contribution in [0.4, 0.5) is 0 Å². The third-order valence-corrected chi connectivity index (χ3v) is 2.29. The number of aliphatic hydroxyl groups is 4. The zero-order valence-electron chi connectivity index (χ0n) is 7.43. The second kappa shape index (κ2) is 4.72. The molecule has 0 radical (unpaired) electrons. The molecule has 4 heteroatoms. The summed E-state index contributed by atoms with van der Waals surface area (Å²) < 4.78 is 0. The quantitative estimate of drug-likeness (QED) is 0.356. The van der Waals surface area contributed by atoms with E-state index in [1.807, 2.05) is 6.08 Å². The maximum Gasteiger partial charge on any atom is 0.178 e. The average Bonchev–Trinajstić information content (AvgIpc) is 2.08. The molecule has 4 nitrogen and oxygen atoms in total. The minimum atomic E-state index is -1.67. The number of hydrogen-bond acceptors (Lipinski definition) is 4. The van der Waals surface area contributed by atoms with Gasteiger partial charge in [-0.25, -0.2) is 0 Å². The monoisotopic (exact) mass is 188 g/mol. The molecule has 4 N–H and O–H groups in total. The van der Waals surface area contributed by atoms with Crippen LogP contribution in [0.15, 0.2) is 11.6 Å². The van der Waals surface area contributed by atoms with Crippen molar-refractivity contribution >= 4 is 0 Å². The topological polar surface area (TPSA) is 80.9 Å². The van der Waals surface area contributed by atoms with Crippen LogP contribution in [0.2, 0.25) is 0 Å². The molecule has 0 bridgehead atoms. The lowest BCUT2D eigenvalue weighted by Gasteiger charge is -2.20. The van der Waals surface area contributed by atoms with Crippen molar-refractivity contribution in [2.75, 3.05) is 0 Å². The van der Waals surface area contributed by atoms with E-state index in [-0.39, 0.29) is 12.5 Å². The van der Waals surface area contributed by atoms with E-state index in [4.69, 9.17) is 20.4 Å². The summed E-state index contributed by atoms with van der Waals surface area (Å²) in [4.78, 5) is 0. The van der Waals surface area contributed by atoms with E-state index in [9.17, 15) is 0 Å². The molecule has 1 aliphatic carbocycles.